The first kappa shape index (κ1) is 14.6. The van der Waals surface area contributed by atoms with Gasteiger partial charge in [0.2, 0.25) is 0 Å². The molecule has 1 saturated carbocycles. The lowest BCUT2D eigenvalue weighted by Gasteiger charge is -2.34. The molecule has 1 amide bonds. The minimum Gasteiger partial charge on any atom is -0.341 e. The molecule has 2 rings (SSSR count). The van der Waals surface area contributed by atoms with Crippen molar-refractivity contribution in [3.63, 3.8) is 0 Å². The van der Waals surface area contributed by atoms with E-state index in [1.54, 1.807) is 0 Å². The van der Waals surface area contributed by atoms with E-state index in [4.69, 9.17) is 0 Å². The van der Waals surface area contributed by atoms with Gasteiger partial charge in [-0.15, -0.1) is 0 Å². The standard InChI is InChI=1S/C16H22BrNO/c1-10-5-11(2)15(12(3)6-10)16(19)18(4)9-13-7-14(17)8-13/h5-6,13-14H,7-9H2,1-4H3. The zero-order chi connectivity index (χ0) is 14.2. The molecule has 1 aliphatic rings. The second kappa shape index (κ2) is 5.66. The Kier molecular flexibility index (Phi) is 4.34. The van der Waals surface area contributed by atoms with Gasteiger partial charge in [-0.1, -0.05) is 33.6 Å². The highest BCUT2D eigenvalue weighted by Crippen LogP contribution is 2.34. The Balaban J connectivity index is 2.10. The maximum Gasteiger partial charge on any atom is 0.254 e. The van der Waals surface area contributed by atoms with Crippen molar-refractivity contribution in [2.24, 2.45) is 5.92 Å². The second-order valence-electron chi connectivity index (χ2n) is 5.89. The highest BCUT2D eigenvalue weighted by Gasteiger charge is 2.29. The molecule has 0 bridgehead atoms. The van der Waals surface area contributed by atoms with Gasteiger partial charge in [0.25, 0.3) is 5.91 Å². The van der Waals surface area contributed by atoms with Crippen molar-refractivity contribution in [1.82, 2.24) is 4.90 Å². The molecule has 1 fully saturated rings. The molecule has 3 heteroatoms. The summed E-state index contributed by atoms with van der Waals surface area (Å²) in [6.45, 7) is 6.99. The highest BCUT2D eigenvalue weighted by molar-refractivity contribution is 9.09. The number of carbonyl (C=O) groups is 1. The Morgan fingerprint density at radius 3 is 2.26 bits per heavy atom. The quantitative estimate of drug-likeness (QED) is 0.773. The van der Waals surface area contributed by atoms with Crippen molar-refractivity contribution in [1.29, 1.82) is 0 Å². The van der Waals surface area contributed by atoms with Gasteiger partial charge in [0, 0.05) is 24.0 Å². The number of benzene rings is 1. The summed E-state index contributed by atoms with van der Waals surface area (Å²) in [5.74, 6) is 0.817. The molecule has 0 aromatic heterocycles. The molecule has 0 N–H and O–H groups in total. The first-order valence-electron chi connectivity index (χ1n) is 6.86. The van der Waals surface area contributed by atoms with Gasteiger partial charge >= 0.3 is 0 Å². The van der Waals surface area contributed by atoms with Crippen LogP contribution in [0, 0.1) is 26.7 Å². The highest BCUT2D eigenvalue weighted by atomic mass is 79.9. The number of aryl methyl sites for hydroxylation is 3. The summed E-state index contributed by atoms with van der Waals surface area (Å²) in [7, 11) is 1.92. The largest absolute Gasteiger partial charge is 0.341 e. The number of alkyl halides is 1. The Labute approximate surface area is 124 Å². The van der Waals surface area contributed by atoms with Crippen LogP contribution in [0.1, 0.15) is 39.9 Å². The summed E-state index contributed by atoms with van der Waals surface area (Å²) in [5.41, 5.74) is 4.26. The van der Waals surface area contributed by atoms with E-state index in [1.807, 2.05) is 25.8 Å². The molecule has 1 aromatic rings. The van der Waals surface area contributed by atoms with Crippen LogP contribution in [-0.2, 0) is 0 Å². The molecular weight excluding hydrogens is 302 g/mol. The van der Waals surface area contributed by atoms with Crippen molar-refractivity contribution in [2.45, 2.75) is 38.4 Å². The Bertz CT molecular complexity index is 469. The van der Waals surface area contributed by atoms with Crippen LogP contribution in [0.15, 0.2) is 12.1 Å². The molecule has 0 heterocycles. The van der Waals surface area contributed by atoms with Gasteiger partial charge in [-0.25, -0.2) is 0 Å². The number of hydrogen-bond donors (Lipinski definition) is 0. The molecule has 104 valence electrons. The first-order chi connectivity index (χ1) is 8.88. The summed E-state index contributed by atoms with van der Waals surface area (Å²) in [6, 6.07) is 4.18. The van der Waals surface area contributed by atoms with Gasteiger partial charge in [0.05, 0.1) is 0 Å². The fourth-order valence-electron chi connectivity index (χ4n) is 2.98. The molecule has 1 aliphatic carbocycles. The van der Waals surface area contributed by atoms with Crippen molar-refractivity contribution in [3.8, 4) is 0 Å². The lowest BCUT2D eigenvalue weighted by Crippen LogP contribution is -2.38. The maximum atomic E-state index is 12.6. The van der Waals surface area contributed by atoms with Gasteiger partial charge in [-0.05, 0) is 50.7 Å². The van der Waals surface area contributed by atoms with E-state index in [0.29, 0.717) is 10.7 Å². The van der Waals surface area contributed by atoms with Crippen LogP contribution in [0.25, 0.3) is 0 Å². The predicted octanol–water partition coefficient (Wildman–Crippen LogP) is 3.86. The third kappa shape index (κ3) is 3.19. The first-order valence-corrected chi connectivity index (χ1v) is 7.77. The molecule has 1 aromatic carbocycles. The van der Waals surface area contributed by atoms with E-state index in [9.17, 15) is 4.79 Å². The topological polar surface area (TPSA) is 20.3 Å². The maximum absolute atomic E-state index is 12.6. The van der Waals surface area contributed by atoms with E-state index in [1.165, 1.54) is 18.4 Å². The molecular formula is C16H22BrNO. The van der Waals surface area contributed by atoms with Crippen LogP contribution < -0.4 is 0 Å². The number of halogens is 1. The Morgan fingerprint density at radius 2 is 1.79 bits per heavy atom. The molecule has 2 nitrogen and oxygen atoms in total. The van der Waals surface area contributed by atoms with Gasteiger partial charge < -0.3 is 4.90 Å². The van der Waals surface area contributed by atoms with Crippen molar-refractivity contribution >= 4 is 21.8 Å². The summed E-state index contributed by atoms with van der Waals surface area (Å²) < 4.78 is 0. The minimum atomic E-state index is 0.160. The van der Waals surface area contributed by atoms with Crippen molar-refractivity contribution < 1.29 is 4.79 Å². The fraction of sp³-hybridized carbons (Fsp3) is 0.562. The summed E-state index contributed by atoms with van der Waals surface area (Å²) >= 11 is 3.60. The van der Waals surface area contributed by atoms with Crippen molar-refractivity contribution in [2.75, 3.05) is 13.6 Å². The van der Waals surface area contributed by atoms with Crippen LogP contribution in [0.3, 0.4) is 0 Å². The predicted molar refractivity (Wildman–Crippen MR) is 83.1 cm³/mol. The van der Waals surface area contributed by atoms with Crippen LogP contribution in [-0.4, -0.2) is 29.2 Å². The number of nitrogens with zero attached hydrogens (tertiary/aromatic N) is 1. The van der Waals surface area contributed by atoms with Gasteiger partial charge in [0.1, 0.15) is 0 Å². The average Bonchev–Trinajstić information content (AvgIpc) is 2.25. The lowest BCUT2D eigenvalue weighted by molar-refractivity contribution is 0.0747. The van der Waals surface area contributed by atoms with Crippen LogP contribution in [0.5, 0.6) is 0 Å². The summed E-state index contributed by atoms with van der Waals surface area (Å²) in [6.07, 6.45) is 2.37. The summed E-state index contributed by atoms with van der Waals surface area (Å²) in [4.78, 5) is 15.1. The number of carbonyl (C=O) groups excluding carboxylic acids is 1. The van der Waals surface area contributed by atoms with E-state index in [-0.39, 0.29) is 5.91 Å². The van der Waals surface area contributed by atoms with Crippen molar-refractivity contribution in [3.05, 3.63) is 34.4 Å². The van der Waals surface area contributed by atoms with Crippen LogP contribution in [0.2, 0.25) is 0 Å². The Hall–Kier alpha value is -0.830. The van der Waals surface area contributed by atoms with Crippen LogP contribution >= 0.6 is 15.9 Å². The Morgan fingerprint density at radius 1 is 1.26 bits per heavy atom. The number of hydrogen-bond acceptors (Lipinski definition) is 1. The molecule has 0 atom stereocenters. The fourth-order valence-corrected chi connectivity index (χ4v) is 4.04. The third-order valence-corrected chi connectivity index (χ3v) is 4.70. The third-order valence-electron chi connectivity index (χ3n) is 3.95. The number of amides is 1. The SMILES string of the molecule is Cc1cc(C)c(C(=O)N(C)CC2CC(Br)C2)c(C)c1. The molecule has 0 aliphatic heterocycles. The molecule has 0 saturated heterocycles. The second-order valence-corrected chi connectivity index (χ2v) is 7.19. The zero-order valence-corrected chi connectivity index (χ0v) is 13.8. The van der Waals surface area contributed by atoms with E-state index < -0.39 is 0 Å². The average molecular weight is 324 g/mol. The zero-order valence-electron chi connectivity index (χ0n) is 12.2. The summed E-state index contributed by atoms with van der Waals surface area (Å²) in [5, 5.41) is 0. The van der Waals surface area contributed by atoms with Gasteiger partial charge in [-0.3, -0.25) is 4.79 Å². The normalized spacial score (nSPS) is 21.9. The number of rotatable bonds is 3. The molecule has 0 spiro atoms. The van der Waals surface area contributed by atoms with Gasteiger partial charge in [0.15, 0.2) is 0 Å². The van der Waals surface area contributed by atoms with Gasteiger partial charge in [-0.2, -0.15) is 0 Å². The monoisotopic (exact) mass is 323 g/mol. The lowest BCUT2D eigenvalue weighted by atomic mass is 9.85. The van der Waals surface area contributed by atoms with E-state index in [2.05, 4.69) is 35.0 Å². The molecule has 0 radical (unpaired) electrons. The van der Waals surface area contributed by atoms with E-state index >= 15 is 0 Å². The van der Waals surface area contributed by atoms with Crippen LogP contribution in [0.4, 0.5) is 0 Å². The molecule has 0 unspecified atom stereocenters. The smallest absolute Gasteiger partial charge is 0.254 e. The van der Waals surface area contributed by atoms with E-state index in [0.717, 1.165) is 23.2 Å². The molecule has 19 heavy (non-hydrogen) atoms. The minimum absolute atomic E-state index is 0.160.